The summed E-state index contributed by atoms with van der Waals surface area (Å²) >= 11 is 11.6. The molecule has 0 aliphatic rings. The van der Waals surface area contributed by atoms with Crippen molar-refractivity contribution in [2.24, 2.45) is 0 Å². The molecule has 0 fully saturated rings. The van der Waals surface area contributed by atoms with Crippen LogP contribution in [0.3, 0.4) is 0 Å². The second kappa shape index (κ2) is 6.08. The highest BCUT2D eigenvalue weighted by atomic mass is 35.5. The maximum absolute atomic E-state index is 5.94. The fourth-order valence-electron chi connectivity index (χ4n) is 1.72. The molecular formula is C13H14Cl2N2. The summed E-state index contributed by atoms with van der Waals surface area (Å²) < 4.78 is 1.93. The highest BCUT2D eigenvalue weighted by molar-refractivity contribution is 6.30. The van der Waals surface area contributed by atoms with Crippen molar-refractivity contribution < 1.29 is 0 Å². The molecule has 17 heavy (non-hydrogen) atoms. The molecule has 0 unspecified atom stereocenters. The molecule has 0 aliphatic carbocycles. The number of rotatable bonds is 5. The molecule has 0 radical (unpaired) electrons. The van der Waals surface area contributed by atoms with Crippen LogP contribution in [0.2, 0.25) is 5.02 Å². The zero-order valence-corrected chi connectivity index (χ0v) is 11.0. The van der Waals surface area contributed by atoms with Gasteiger partial charge in [0.1, 0.15) is 0 Å². The minimum absolute atomic E-state index is 0.694. The van der Waals surface area contributed by atoms with E-state index >= 15 is 0 Å². The summed E-state index contributed by atoms with van der Waals surface area (Å²) in [6.07, 6.45) is 5.94. The fraction of sp³-hybridized carbons (Fsp3) is 0.308. The SMILES string of the molecule is ClCCCc1cnn(Cc2cccc(Cl)c2)c1. The van der Waals surface area contributed by atoms with Gasteiger partial charge in [-0.15, -0.1) is 11.6 Å². The molecule has 2 rings (SSSR count). The zero-order valence-electron chi connectivity index (χ0n) is 9.44. The summed E-state index contributed by atoms with van der Waals surface area (Å²) in [6, 6.07) is 7.84. The van der Waals surface area contributed by atoms with Gasteiger partial charge in [0.2, 0.25) is 0 Å². The number of benzene rings is 1. The summed E-state index contributed by atoms with van der Waals surface area (Å²) in [5.41, 5.74) is 2.39. The molecule has 0 N–H and O–H groups in total. The third kappa shape index (κ3) is 3.76. The van der Waals surface area contributed by atoms with E-state index in [0.29, 0.717) is 5.88 Å². The maximum atomic E-state index is 5.94. The van der Waals surface area contributed by atoms with Crippen LogP contribution in [0, 0.1) is 0 Å². The lowest BCUT2D eigenvalue weighted by Gasteiger charge is -2.02. The fourth-order valence-corrected chi connectivity index (χ4v) is 2.06. The Morgan fingerprint density at radius 2 is 2.12 bits per heavy atom. The maximum Gasteiger partial charge on any atom is 0.0659 e. The summed E-state index contributed by atoms with van der Waals surface area (Å²) in [7, 11) is 0. The quantitative estimate of drug-likeness (QED) is 0.756. The molecule has 4 heteroatoms. The Kier molecular flexibility index (Phi) is 4.46. The number of alkyl halides is 1. The first kappa shape index (κ1) is 12.5. The van der Waals surface area contributed by atoms with E-state index in [1.165, 1.54) is 5.56 Å². The van der Waals surface area contributed by atoms with E-state index < -0.39 is 0 Å². The van der Waals surface area contributed by atoms with E-state index in [4.69, 9.17) is 23.2 Å². The van der Waals surface area contributed by atoms with Crippen molar-refractivity contribution >= 4 is 23.2 Å². The zero-order chi connectivity index (χ0) is 12.1. The van der Waals surface area contributed by atoms with Crippen LogP contribution in [-0.4, -0.2) is 15.7 Å². The van der Waals surface area contributed by atoms with Crippen LogP contribution in [0.25, 0.3) is 0 Å². The number of nitrogens with zero attached hydrogens (tertiary/aromatic N) is 2. The van der Waals surface area contributed by atoms with E-state index in [9.17, 15) is 0 Å². The molecule has 1 aromatic heterocycles. The predicted molar refractivity (Wildman–Crippen MR) is 71.8 cm³/mol. The number of aromatic nitrogens is 2. The third-order valence-electron chi connectivity index (χ3n) is 2.52. The van der Waals surface area contributed by atoms with E-state index in [-0.39, 0.29) is 0 Å². The van der Waals surface area contributed by atoms with Gasteiger partial charge in [-0.25, -0.2) is 0 Å². The van der Waals surface area contributed by atoms with Crippen LogP contribution >= 0.6 is 23.2 Å². The lowest BCUT2D eigenvalue weighted by molar-refractivity contribution is 0.686. The van der Waals surface area contributed by atoms with E-state index in [2.05, 4.69) is 11.3 Å². The molecule has 0 bridgehead atoms. The molecule has 0 saturated heterocycles. The standard InChI is InChI=1S/C13H14Cl2N2/c14-6-2-4-12-8-16-17(10-12)9-11-3-1-5-13(15)7-11/h1,3,5,7-8,10H,2,4,6,9H2. The van der Waals surface area contributed by atoms with Crippen molar-refractivity contribution in [3.63, 3.8) is 0 Å². The third-order valence-corrected chi connectivity index (χ3v) is 3.02. The number of aryl methyl sites for hydroxylation is 1. The minimum Gasteiger partial charge on any atom is -0.268 e. The number of hydrogen-bond donors (Lipinski definition) is 0. The summed E-state index contributed by atoms with van der Waals surface area (Å²) in [6.45, 7) is 0.751. The number of hydrogen-bond acceptors (Lipinski definition) is 1. The Morgan fingerprint density at radius 1 is 1.24 bits per heavy atom. The highest BCUT2D eigenvalue weighted by Gasteiger charge is 2.00. The topological polar surface area (TPSA) is 17.8 Å². The first-order valence-corrected chi connectivity index (χ1v) is 6.51. The molecule has 0 spiro atoms. The van der Waals surface area contributed by atoms with Gasteiger partial charge in [-0.2, -0.15) is 5.10 Å². The molecular weight excluding hydrogens is 255 g/mol. The molecule has 0 atom stereocenters. The van der Waals surface area contributed by atoms with E-state index in [0.717, 1.165) is 30.0 Å². The van der Waals surface area contributed by atoms with Crippen molar-refractivity contribution in [2.75, 3.05) is 5.88 Å². The summed E-state index contributed by atoms with van der Waals surface area (Å²) in [4.78, 5) is 0. The van der Waals surface area contributed by atoms with Crippen LogP contribution < -0.4 is 0 Å². The Hall–Kier alpha value is -0.990. The molecule has 0 aliphatic heterocycles. The molecule has 0 saturated carbocycles. The highest BCUT2D eigenvalue weighted by Crippen LogP contribution is 2.12. The molecule has 0 amide bonds. The second-order valence-electron chi connectivity index (χ2n) is 3.97. The predicted octanol–water partition coefficient (Wildman–Crippen LogP) is 3.76. The van der Waals surface area contributed by atoms with Crippen LogP contribution in [0.1, 0.15) is 17.5 Å². The largest absolute Gasteiger partial charge is 0.268 e. The Morgan fingerprint density at radius 3 is 2.88 bits per heavy atom. The van der Waals surface area contributed by atoms with E-state index in [1.807, 2.05) is 35.1 Å². The second-order valence-corrected chi connectivity index (χ2v) is 4.78. The van der Waals surface area contributed by atoms with Gasteiger partial charge in [-0.3, -0.25) is 4.68 Å². The normalized spacial score (nSPS) is 10.7. The van der Waals surface area contributed by atoms with Gasteiger partial charge in [0.15, 0.2) is 0 Å². The first-order valence-electron chi connectivity index (χ1n) is 5.59. The van der Waals surface area contributed by atoms with Gasteiger partial charge in [0.25, 0.3) is 0 Å². The van der Waals surface area contributed by atoms with Crippen LogP contribution in [0.15, 0.2) is 36.7 Å². The average Bonchev–Trinajstić information content (AvgIpc) is 2.74. The van der Waals surface area contributed by atoms with Crippen molar-refractivity contribution in [1.29, 1.82) is 0 Å². The number of halogens is 2. The van der Waals surface area contributed by atoms with Gasteiger partial charge < -0.3 is 0 Å². The van der Waals surface area contributed by atoms with Crippen LogP contribution in [0.4, 0.5) is 0 Å². The summed E-state index contributed by atoms with van der Waals surface area (Å²) in [5.74, 6) is 0.694. The molecule has 2 nitrogen and oxygen atoms in total. The Balaban J connectivity index is 2.01. The average molecular weight is 269 g/mol. The van der Waals surface area contributed by atoms with Gasteiger partial charge >= 0.3 is 0 Å². The molecule has 90 valence electrons. The first-order chi connectivity index (χ1) is 8.28. The molecule has 1 aromatic carbocycles. The van der Waals surface area contributed by atoms with Crippen LogP contribution in [-0.2, 0) is 13.0 Å². The Labute approximate surface area is 111 Å². The van der Waals surface area contributed by atoms with Crippen molar-refractivity contribution in [2.45, 2.75) is 19.4 Å². The molecule has 2 aromatic rings. The van der Waals surface area contributed by atoms with Gasteiger partial charge in [0, 0.05) is 17.1 Å². The van der Waals surface area contributed by atoms with Crippen molar-refractivity contribution in [3.8, 4) is 0 Å². The van der Waals surface area contributed by atoms with Gasteiger partial charge in [-0.1, -0.05) is 23.7 Å². The monoisotopic (exact) mass is 268 g/mol. The van der Waals surface area contributed by atoms with Crippen molar-refractivity contribution in [1.82, 2.24) is 9.78 Å². The van der Waals surface area contributed by atoms with E-state index in [1.54, 1.807) is 0 Å². The smallest absolute Gasteiger partial charge is 0.0659 e. The molecule has 1 heterocycles. The lowest BCUT2D eigenvalue weighted by atomic mass is 10.2. The van der Waals surface area contributed by atoms with Gasteiger partial charge in [0.05, 0.1) is 12.7 Å². The van der Waals surface area contributed by atoms with Gasteiger partial charge in [-0.05, 0) is 36.1 Å². The van der Waals surface area contributed by atoms with Crippen molar-refractivity contribution in [3.05, 3.63) is 52.8 Å². The lowest BCUT2D eigenvalue weighted by Crippen LogP contribution is -1.99. The summed E-state index contributed by atoms with van der Waals surface area (Å²) in [5, 5.41) is 5.09. The van der Waals surface area contributed by atoms with Crippen LogP contribution in [0.5, 0.6) is 0 Å². The minimum atomic E-state index is 0.694. The Bertz CT molecular complexity index is 480.